The minimum Gasteiger partial charge on any atom is -0.444 e. The highest BCUT2D eigenvalue weighted by atomic mass is 32.2. The van der Waals surface area contributed by atoms with Crippen LogP contribution in [0.25, 0.3) is 0 Å². The Bertz CT molecular complexity index is 725. The number of amides is 2. The Morgan fingerprint density at radius 2 is 1.89 bits per heavy atom. The molecule has 2 unspecified atom stereocenters. The van der Waals surface area contributed by atoms with Crippen molar-refractivity contribution in [2.24, 2.45) is 5.92 Å². The van der Waals surface area contributed by atoms with Crippen molar-refractivity contribution in [3.63, 3.8) is 0 Å². The molecule has 2 amide bonds. The Labute approximate surface area is 166 Å². The summed E-state index contributed by atoms with van der Waals surface area (Å²) in [6, 6.07) is 0. The van der Waals surface area contributed by atoms with Gasteiger partial charge in [0.05, 0.1) is 19.8 Å². The predicted octanol–water partition coefficient (Wildman–Crippen LogP) is 1.10. The Morgan fingerprint density at radius 3 is 2.36 bits per heavy atom. The first-order valence-corrected chi connectivity index (χ1v) is 10.7. The molecule has 2 N–H and O–H groups in total. The fraction of sp³-hybridized carbons (Fsp3) is 0.778. The van der Waals surface area contributed by atoms with Crippen molar-refractivity contribution < 1.29 is 32.2 Å². The summed E-state index contributed by atoms with van der Waals surface area (Å²) in [4.78, 5) is 24.9. The highest BCUT2D eigenvalue weighted by molar-refractivity contribution is 7.91. The van der Waals surface area contributed by atoms with Crippen LogP contribution in [0.5, 0.6) is 0 Å². The van der Waals surface area contributed by atoms with Crippen molar-refractivity contribution in [2.45, 2.75) is 55.9 Å². The minimum absolute atomic E-state index is 0.0175. The van der Waals surface area contributed by atoms with Gasteiger partial charge in [-0.3, -0.25) is 9.52 Å². The van der Waals surface area contributed by atoms with E-state index >= 15 is 0 Å². The van der Waals surface area contributed by atoms with Gasteiger partial charge in [0, 0.05) is 13.0 Å². The summed E-state index contributed by atoms with van der Waals surface area (Å²) in [5, 5.41) is 2.52. The van der Waals surface area contributed by atoms with Crippen LogP contribution in [-0.4, -0.2) is 63.2 Å². The second-order valence-electron chi connectivity index (χ2n) is 8.31. The summed E-state index contributed by atoms with van der Waals surface area (Å²) in [6.07, 6.45) is 1.80. The second-order valence-corrected chi connectivity index (χ2v) is 10.4. The van der Waals surface area contributed by atoms with Gasteiger partial charge in [-0.1, -0.05) is 6.08 Å². The first kappa shape index (κ1) is 22.6. The van der Waals surface area contributed by atoms with E-state index in [1.807, 2.05) is 0 Å². The van der Waals surface area contributed by atoms with Crippen LogP contribution >= 0.6 is 0 Å². The highest BCUT2D eigenvalue weighted by Gasteiger charge is 2.63. The summed E-state index contributed by atoms with van der Waals surface area (Å²) in [5.41, 5.74) is -2.12. The number of carbonyl (C=O) groups is 2. The molecule has 0 aromatic rings. The lowest BCUT2D eigenvalue weighted by molar-refractivity contribution is -0.122. The molecule has 9 nitrogen and oxygen atoms in total. The zero-order valence-corrected chi connectivity index (χ0v) is 17.7. The summed E-state index contributed by atoms with van der Waals surface area (Å²) in [7, 11) is -2.45. The molecule has 0 heterocycles. The van der Waals surface area contributed by atoms with E-state index in [0.29, 0.717) is 19.4 Å². The first-order chi connectivity index (χ1) is 12.9. The van der Waals surface area contributed by atoms with Crippen molar-refractivity contribution in [3.8, 4) is 0 Å². The predicted molar refractivity (Wildman–Crippen MR) is 102 cm³/mol. The van der Waals surface area contributed by atoms with Gasteiger partial charge in [-0.15, -0.1) is 6.58 Å². The van der Waals surface area contributed by atoms with E-state index in [1.165, 1.54) is 13.2 Å². The fourth-order valence-corrected chi connectivity index (χ4v) is 4.39. The third-order valence-electron chi connectivity index (χ3n) is 4.83. The van der Waals surface area contributed by atoms with Gasteiger partial charge in [0.1, 0.15) is 15.9 Å². The lowest BCUT2D eigenvalue weighted by Crippen LogP contribution is -2.55. The van der Waals surface area contributed by atoms with Gasteiger partial charge in [-0.25, -0.2) is 13.2 Å². The number of hydrogen-bond acceptors (Lipinski definition) is 7. The lowest BCUT2D eigenvalue weighted by Gasteiger charge is -2.24. The van der Waals surface area contributed by atoms with Crippen LogP contribution < -0.4 is 10.0 Å². The van der Waals surface area contributed by atoms with Gasteiger partial charge in [-0.2, -0.15) is 0 Å². The molecule has 2 saturated carbocycles. The molecule has 0 saturated heterocycles. The molecule has 0 aromatic carbocycles. The summed E-state index contributed by atoms with van der Waals surface area (Å²) < 4.78 is 42.0. The quantitative estimate of drug-likeness (QED) is 0.403. The monoisotopic (exact) mass is 418 g/mol. The molecule has 2 fully saturated rings. The minimum atomic E-state index is -3.97. The number of carbonyl (C=O) groups excluding carboxylic acids is 2. The zero-order valence-electron chi connectivity index (χ0n) is 16.9. The maximum atomic E-state index is 12.8. The van der Waals surface area contributed by atoms with Crippen molar-refractivity contribution in [1.29, 1.82) is 0 Å². The van der Waals surface area contributed by atoms with E-state index < -0.39 is 37.9 Å². The Balaban J connectivity index is 2.04. The van der Waals surface area contributed by atoms with Crippen molar-refractivity contribution in [3.05, 3.63) is 12.7 Å². The number of rotatable bonds is 10. The second kappa shape index (κ2) is 8.00. The van der Waals surface area contributed by atoms with Gasteiger partial charge >= 0.3 is 6.09 Å². The van der Waals surface area contributed by atoms with Crippen molar-refractivity contribution in [2.75, 3.05) is 26.9 Å². The number of methoxy groups -OCH3 is 1. The third kappa shape index (κ3) is 5.03. The molecule has 0 bridgehead atoms. The molecular formula is C18H30N2O7S. The Morgan fingerprint density at radius 1 is 1.25 bits per heavy atom. The number of hydrogen-bond donors (Lipinski definition) is 2. The maximum absolute atomic E-state index is 12.8. The lowest BCUT2D eigenvalue weighted by atomic mass is 10.2. The number of alkyl carbamates (subject to hydrolysis) is 1. The highest BCUT2D eigenvalue weighted by Crippen LogP contribution is 2.47. The van der Waals surface area contributed by atoms with Crippen molar-refractivity contribution >= 4 is 22.0 Å². The van der Waals surface area contributed by atoms with Crippen molar-refractivity contribution in [1.82, 2.24) is 10.0 Å². The van der Waals surface area contributed by atoms with E-state index in [0.717, 1.165) is 0 Å². The van der Waals surface area contributed by atoms with Gasteiger partial charge in [-0.05, 0) is 40.0 Å². The number of sulfonamides is 1. The largest absolute Gasteiger partial charge is 0.444 e. The normalized spacial score (nSPS) is 25.5. The molecule has 10 heteroatoms. The molecule has 2 rings (SSSR count). The maximum Gasteiger partial charge on any atom is 0.408 e. The first-order valence-electron chi connectivity index (χ1n) is 9.19. The molecular weight excluding hydrogens is 388 g/mol. The fourth-order valence-electron chi connectivity index (χ4n) is 2.87. The summed E-state index contributed by atoms with van der Waals surface area (Å²) in [5.74, 6) is -1.16. The molecule has 2 atom stereocenters. The molecule has 0 radical (unpaired) electrons. The number of ether oxygens (including phenoxy) is 3. The third-order valence-corrected chi connectivity index (χ3v) is 6.95. The van der Waals surface area contributed by atoms with E-state index in [9.17, 15) is 18.0 Å². The molecule has 28 heavy (non-hydrogen) atoms. The van der Waals surface area contributed by atoms with Gasteiger partial charge < -0.3 is 19.5 Å². The topological polar surface area (TPSA) is 120 Å². The average molecular weight is 419 g/mol. The van der Waals surface area contributed by atoms with E-state index in [-0.39, 0.29) is 25.6 Å². The Hall–Kier alpha value is -1.65. The van der Waals surface area contributed by atoms with Crippen LogP contribution in [0.3, 0.4) is 0 Å². The van der Waals surface area contributed by atoms with Crippen LogP contribution in [0.2, 0.25) is 0 Å². The molecule has 0 spiro atoms. The smallest absolute Gasteiger partial charge is 0.408 e. The van der Waals surface area contributed by atoms with Crippen LogP contribution in [0.15, 0.2) is 12.7 Å². The van der Waals surface area contributed by atoms with E-state index in [4.69, 9.17) is 14.2 Å². The average Bonchev–Trinajstić information content (AvgIpc) is 3.45. The van der Waals surface area contributed by atoms with Gasteiger partial charge in [0.15, 0.2) is 0 Å². The molecule has 0 aromatic heterocycles. The molecule has 160 valence electrons. The standard InChI is InChI=1S/C18H30N2O7S/c1-6-13-11-18(13,19-15(22)27-16(2,3)4)14(21)20-28(23,24)17(7-8-17)12-26-10-9-25-5/h6,13H,1,7-12H2,2-5H3,(H,19,22)(H,20,21). The molecule has 2 aliphatic rings. The van der Waals surface area contributed by atoms with Crippen LogP contribution in [0.4, 0.5) is 4.79 Å². The SMILES string of the molecule is C=CC1CC1(NC(=O)OC(C)(C)C)C(=O)NS(=O)(=O)C1(COCCOC)CC1. The zero-order chi connectivity index (χ0) is 21.2. The molecule has 2 aliphatic carbocycles. The van der Waals surface area contributed by atoms with Gasteiger partial charge in [0.2, 0.25) is 10.0 Å². The Kier molecular flexibility index (Phi) is 6.47. The summed E-state index contributed by atoms with van der Waals surface area (Å²) in [6.45, 7) is 9.34. The summed E-state index contributed by atoms with van der Waals surface area (Å²) >= 11 is 0. The molecule has 0 aliphatic heterocycles. The van der Waals surface area contributed by atoms with Crippen LogP contribution in [0, 0.1) is 5.92 Å². The van der Waals surface area contributed by atoms with E-state index in [1.54, 1.807) is 20.8 Å². The number of nitrogens with one attached hydrogen (secondary N) is 2. The van der Waals surface area contributed by atoms with Crippen LogP contribution in [0.1, 0.15) is 40.0 Å². The van der Waals surface area contributed by atoms with E-state index in [2.05, 4.69) is 16.6 Å². The van der Waals surface area contributed by atoms with Crippen LogP contribution in [-0.2, 0) is 29.0 Å². The van der Waals surface area contributed by atoms with Gasteiger partial charge in [0.25, 0.3) is 5.91 Å².